The van der Waals surface area contributed by atoms with E-state index in [-0.39, 0.29) is 11.9 Å². The molecule has 0 radical (unpaired) electrons. The van der Waals surface area contributed by atoms with Crippen LogP contribution in [0.1, 0.15) is 22.9 Å². The highest BCUT2D eigenvalue weighted by Gasteiger charge is 2.25. The number of carbonyl (C=O) groups is 1. The standard InChI is InChI=1S/C13H13N3O/c1-8-6-15-12(13(17)16-8)10-5-9-3-2-4-11(9)14-7-10/h2-3,5,7,12,15H,1,4,6H2,(H,16,17). The van der Waals surface area contributed by atoms with Gasteiger partial charge in [-0.25, -0.2) is 0 Å². The van der Waals surface area contributed by atoms with Crippen LogP contribution in [0.4, 0.5) is 0 Å². The molecule has 4 heteroatoms. The molecule has 2 N–H and O–H groups in total. The van der Waals surface area contributed by atoms with Crippen LogP contribution in [0.25, 0.3) is 6.08 Å². The monoisotopic (exact) mass is 227 g/mol. The summed E-state index contributed by atoms with van der Waals surface area (Å²) in [6.07, 6.45) is 6.79. The van der Waals surface area contributed by atoms with Gasteiger partial charge in [0.2, 0.25) is 5.91 Å². The summed E-state index contributed by atoms with van der Waals surface area (Å²) in [5, 5.41) is 5.90. The fourth-order valence-electron chi connectivity index (χ4n) is 2.18. The van der Waals surface area contributed by atoms with Crippen LogP contribution < -0.4 is 10.6 Å². The van der Waals surface area contributed by atoms with E-state index in [1.807, 2.05) is 12.1 Å². The summed E-state index contributed by atoms with van der Waals surface area (Å²) in [6.45, 7) is 4.33. The van der Waals surface area contributed by atoms with Crippen LogP contribution in [-0.2, 0) is 11.2 Å². The number of rotatable bonds is 1. The maximum atomic E-state index is 11.8. The molecule has 1 fully saturated rings. The second-order valence-electron chi connectivity index (χ2n) is 4.32. The van der Waals surface area contributed by atoms with Gasteiger partial charge in [-0.2, -0.15) is 0 Å². The van der Waals surface area contributed by atoms with E-state index in [1.54, 1.807) is 6.20 Å². The highest BCUT2D eigenvalue weighted by atomic mass is 16.2. The number of carbonyl (C=O) groups excluding carboxylic acids is 1. The normalized spacial score (nSPS) is 22.5. The minimum Gasteiger partial charge on any atom is -0.327 e. The van der Waals surface area contributed by atoms with E-state index in [4.69, 9.17) is 0 Å². The minimum atomic E-state index is -0.327. The summed E-state index contributed by atoms with van der Waals surface area (Å²) < 4.78 is 0. The predicted octanol–water partition coefficient (Wildman–Crippen LogP) is 0.925. The average molecular weight is 227 g/mol. The maximum Gasteiger partial charge on any atom is 0.245 e. The predicted molar refractivity (Wildman–Crippen MR) is 65.0 cm³/mol. The summed E-state index contributed by atoms with van der Waals surface area (Å²) in [4.78, 5) is 16.2. The van der Waals surface area contributed by atoms with Gasteiger partial charge in [0.05, 0.1) is 5.69 Å². The average Bonchev–Trinajstić information content (AvgIpc) is 2.75. The molecule has 3 rings (SSSR count). The number of amides is 1. The van der Waals surface area contributed by atoms with Crippen molar-refractivity contribution in [1.82, 2.24) is 15.6 Å². The van der Waals surface area contributed by atoms with E-state index in [0.717, 1.165) is 23.2 Å². The van der Waals surface area contributed by atoms with Gasteiger partial charge in [-0.3, -0.25) is 15.1 Å². The van der Waals surface area contributed by atoms with Crippen molar-refractivity contribution >= 4 is 12.0 Å². The Hall–Kier alpha value is -1.94. The lowest BCUT2D eigenvalue weighted by atomic mass is 10.0. The van der Waals surface area contributed by atoms with Gasteiger partial charge in [0.25, 0.3) is 0 Å². The first-order valence-electron chi connectivity index (χ1n) is 5.61. The number of pyridine rings is 1. The van der Waals surface area contributed by atoms with Gasteiger partial charge >= 0.3 is 0 Å². The first-order valence-corrected chi connectivity index (χ1v) is 5.61. The fraction of sp³-hybridized carbons (Fsp3) is 0.231. The van der Waals surface area contributed by atoms with Gasteiger partial charge in [0.1, 0.15) is 6.04 Å². The summed E-state index contributed by atoms with van der Waals surface area (Å²) in [6, 6.07) is 1.70. The van der Waals surface area contributed by atoms with Crippen LogP contribution in [0.2, 0.25) is 0 Å². The van der Waals surface area contributed by atoms with E-state index in [2.05, 4.69) is 28.3 Å². The molecule has 1 aromatic heterocycles. The molecule has 1 unspecified atom stereocenters. The second kappa shape index (κ2) is 3.82. The molecule has 1 saturated heterocycles. The third-order valence-corrected chi connectivity index (χ3v) is 3.05. The summed E-state index contributed by atoms with van der Waals surface area (Å²) in [5.74, 6) is -0.0648. The molecule has 0 saturated carbocycles. The Morgan fingerprint density at radius 3 is 3.18 bits per heavy atom. The molecule has 1 amide bonds. The van der Waals surface area contributed by atoms with Crippen molar-refractivity contribution < 1.29 is 4.79 Å². The number of hydrogen-bond donors (Lipinski definition) is 2. The zero-order chi connectivity index (χ0) is 11.8. The van der Waals surface area contributed by atoms with Crippen LogP contribution >= 0.6 is 0 Å². The van der Waals surface area contributed by atoms with Gasteiger partial charge in [0, 0.05) is 24.9 Å². The van der Waals surface area contributed by atoms with Crippen molar-refractivity contribution in [3.05, 3.63) is 47.4 Å². The molecule has 17 heavy (non-hydrogen) atoms. The van der Waals surface area contributed by atoms with Gasteiger partial charge in [0.15, 0.2) is 0 Å². The topological polar surface area (TPSA) is 54.0 Å². The van der Waals surface area contributed by atoms with E-state index in [9.17, 15) is 4.79 Å². The third-order valence-electron chi connectivity index (χ3n) is 3.05. The zero-order valence-corrected chi connectivity index (χ0v) is 9.36. The van der Waals surface area contributed by atoms with E-state index < -0.39 is 0 Å². The maximum absolute atomic E-state index is 11.8. The molecule has 1 atom stereocenters. The van der Waals surface area contributed by atoms with Gasteiger partial charge < -0.3 is 5.32 Å². The molecular weight excluding hydrogens is 214 g/mol. The van der Waals surface area contributed by atoms with Crippen molar-refractivity contribution in [2.24, 2.45) is 0 Å². The number of nitrogens with zero attached hydrogens (tertiary/aromatic N) is 1. The number of hydrogen-bond acceptors (Lipinski definition) is 3. The number of aromatic nitrogens is 1. The largest absolute Gasteiger partial charge is 0.327 e. The molecule has 4 nitrogen and oxygen atoms in total. The molecule has 2 aliphatic rings. The SMILES string of the molecule is C=C1CNC(c2cnc3c(c2)C=CC3)C(=O)N1. The quantitative estimate of drug-likeness (QED) is 0.750. The Morgan fingerprint density at radius 2 is 2.35 bits per heavy atom. The van der Waals surface area contributed by atoms with E-state index in [1.165, 1.54) is 0 Å². The minimum absolute atomic E-state index is 0.0648. The molecular formula is C13H13N3O. The zero-order valence-electron chi connectivity index (χ0n) is 9.36. The lowest BCUT2D eigenvalue weighted by Crippen LogP contribution is -2.45. The van der Waals surface area contributed by atoms with Gasteiger partial charge in [-0.1, -0.05) is 18.7 Å². The Morgan fingerprint density at radius 1 is 1.47 bits per heavy atom. The fourth-order valence-corrected chi connectivity index (χ4v) is 2.18. The second-order valence-corrected chi connectivity index (χ2v) is 4.32. The number of nitrogens with one attached hydrogen (secondary N) is 2. The third kappa shape index (κ3) is 1.76. The van der Waals surface area contributed by atoms with Crippen LogP contribution in [-0.4, -0.2) is 17.4 Å². The van der Waals surface area contributed by atoms with Crippen molar-refractivity contribution in [3.8, 4) is 0 Å². The van der Waals surface area contributed by atoms with Crippen LogP contribution in [0, 0.1) is 0 Å². The summed E-state index contributed by atoms with van der Waals surface area (Å²) in [5.41, 5.74) is 3.80. The molecule has 0 aromatic carbocycles. The van der Waals surface area contributed by atoms with Gasteiger partial charge in [-0.05, 0) is 17.2 Å². The first-order chi connectivity index (χ1) is 8.24. The number of fused-ring (bicyclic) bond motifs is 1. The van der Waals surface area contributed by atoms with Crippen molar-refractivity contribution in [1.29, 1.82) is 0 Å². The Bertz CT molecular complexity index is 533. The lowest BCUT2D eigenvalue weighted by Gasteiger charge is -2.25. The van der Waals surface area contributed by atoms with E-state index in [0.29, 0.717) is 12.2 Å². The Labute approximate surface area is 99.4 Å². The number of allylic oxidation sites excluding steroid dienone is 1. The molecule has 1 aliphatic heterocycles. The highest BCUT2D eigenvalue weighted by Crippen LogP contribution is 2.22. The van der Waals surface area contributed by atoms with Gasteiger partial charge in [-0.15, -0.1) is 0 Å². The molecule has 2 heterocycles. The Balaban J connectivity index is 1.91. The van der Waals surface area contributed by atoms with Crippen LogP contribution in [0.15, 0.2) is 30.6 Å². The summed E-state index contributed by atoms with van der Waals surface area (Å²) in [7, 11) is 0. The summed E-state index contributed by atoms with van der Waals surface area (Å²) >= 11 is 0. The van der Waals surface area contributed by atoms with Crippen LogP contribution in [0.5, 0.6) is 0 Å². The lowest BCUT2D eigenvalue weighted by molar-refractivity contribution is -0.123. The molecule has 86 valence electrons. The Kier molecular flexibility index (Phi) is 2.30. The molecule has 0 spiro atoms. The smallest absolute Gasteiger partial charge is 0.245 e. The van der Waals surface area contributed by atoms with Crippen molar-refractivity contribution in [3.63, 3.8) is 0 Å². The number of piperazine rings is 1. The highest BCUT2D eigenvalue weighted by molar-refractivity contribution is 5.85. The molecule has 0 bridgehead atoms. The van der Waals surface area contributed by atoms with E-state index >= 15 is 0 Å². The van der Waals surface area contributed by atoms with Crippen molar-refractivity contribution in [2.75, 3.05) is 6.54 Å². The first kappa shape index (κ1) is 10.2. The molecule has 1 aliphatic carbocycles. The van der Waals surface area contributed by atoms with Crippen molar-refractivity contribution in [2.45, 2.75) is 12.5 Å². The van der Waals surface area contributed by atoms with Crippen LogP contribution in [0.3, 0.4) is 0 Å². The molecule has 1 aromatic rings.